The highest BCUT2D eigenvalue weighted by Gasteiger charge is 2.19. The Bertz CT molecular complexity index is 1160. The van der Waals surface area contributed by atoms with E-state index in [0.717, 1.165) is 12.1 Å². The number of carbonyl (C=O) groups is 1. The first kappa shape index (κ1) is 20.6. The molecule has 0 unspecified atom stereocenters. The second-order valence-corrected chi connectivity index (χ2v) is 7.85. The normalized spacial score (nSPS) is 11.0. The molecular formula is C19H15ClFN3O4S. The zero-order chi connectivity index (χ0) is 21.0. The number of amides is 1. The van der Waals surface area contributed by atoms with Gasteiger partial charge in [-0.05, 0) is 42.5 Å². The van der Waals surface area contributed by atoms with Gasteiger partial charge in [0.1, 0.15) is 17.3 Å². The molecular weight excluding hydrogens is 421 g/mol. The summed E-state index contributed by atoms with van der Waals surface area (Å²) in [5.74, 6) is -0.962. The van der Waals surface area contributed by atoms with Gasteiger partial charge >= 0.3 is 0 Å². The van der Waals surface area contributed by atoms with Crippen molar-refractivity contribution in [2.24, 2.45) is 0 Å². The fraction of sp³-hybridized carbons (Fsp3) is 0.0526. The van der Waals surface area contributed by atoms with E-state index in [0.29, 0.717) is 5.75 Å². The first-order valence-electron chi connectivity index (χ1n) is 8.18. The van der Waals surface area contributed by atoms with Gasteiger partial charge in [-0.25, -0.2) is 12.8 Å². The maximum absolute atomic E-state index is 13.8. The molecule has 0 aliphatic heterocycles. The Labute approximate surface area is 171 Å². The number of rotatable bonds is 6. The fourth-order valence-electron chi connectivity index (χ4n) is 2.41. The molecule has 0 radical (unpaired) electrons. The number of hydrogen-bond acceptors (Lipinski definition) is 5. The smallest absolute Gasteiger partial charge is 0.274 e. The Morgan fingerprint density at radius 3 is 2.55 bits per heavy atom. The van der Waals surface area contributed by atoms with Crippen LogP contribution in [-0.2, 0) is 10.0 Å². The SMILES string of the molecule is COc1ccc(S(=O)(=O)Nc2cc(F)ccc2NC(=O)c2ccccn2)cc1Cl. The summed E-state index contributed by atoms with van der Waals surface area (Å²) in [4.78, 5) is 16.1. The summed E-state index contributed by atoms with van der Waals surface area (Å²) in [5, 5.41) is 2.61. The standard InChI is InChI=1S/C19H15ClFN3O4S/c1-28-18-8-6-13(11-14(18)20)29(26,27)24-17-10-12(21)5-7-15(17)23-19(25)16-4-2-3-9-22-16/h2-11,24H,1H3,(H,23,25). The molecule has 0 fully saturated rings. The summed E-state index contributed by atoms with van der Waals surface area (Å²) in [6, 6.07) is 11.9. The van der Waals surface area contributed by atoms with Gasteiger partial charge in [-0.15, -0.1) is 0 Å². The molecule has 3 rings (SSSR count). The number of hydrogen-bond donors (Lipinski definition) is 2. The van der Waals surface area contributed by atoms with Crippen molar-refractivity contribution in [3.05, 3.63) is 77.3 Å². The van der Waals surface area contributed by atoms with E-state index in [4.69, 9.17) is 16.3 Å². The highest BCUT2D eigenvalue weighted by atomic mass is 35.5. The number of anilines is 2. The van der Waals surface area contributed by atoms with Crippen molar-refractivity contribution in [2.45, 2.75) is 4.90 Å². The summed E-state index contributed by atoms with van der Waals surface area (Å²) in [6.07, 6.45) is 1.44. The molecule has 1 heterocycles. The predicted octanol–water partition coefficient (Wildman–Crippen LogP) is 3.94. The van der Waals surface area contributed by atoms with Crippen molar-refractivity contribution in [1.29, 1.82) is 0 Å². The number of nitrogens with one attached hydrogen (secondary N) is 2. The minimum Gasteiger partial charge on any atom is -0.495 e. The molecule has 0 atom stereocenters. The van der Waals surface area contributed by atoms with Gasteiger partial charge in [-0.1, -0.05) is 17.7 Å². The van der Waals surface area contributed by atoms with E-state index < -0.39 is 21.7 Å². The van der Waals surface area contributed by atoms with Crippen LogP contribution in [0.15, 0.2) is 65.7 Å². The van der Waals surface area contributed by atoms with Crippen molar-refractivity contribution in [3.8, 4) is 5.75 Å². The maximum Gasteiger partial charge on any atom is 0.274 e. The first-order valence-corrected chi connectivity index (χ1v) is 10.0. The summed E-state index contributed by atoms with van der Waals surface area (Å²) in [5.41, 5.74) is 0.0269. The minimum absolute atomic E-state index is 0.0604. The topological polar surface area (TPSA) is 97.4 Å². The van der Waals surface area contributed by atoms with E-state index in [1.54, 1.807) is 12.1 Å². The summed E-state index contributed by atoms with van der Waals surface area (Å²) < 4.78 is 46.4. The predicted molar refractivity (Wildman–Crippen MR) is 107 cm³/mol. The zero-order valence-corrected chi connectivity index (χ0v) is 16.6. The zero-order valence-electron chi connectivity index (χ0n) is 15.0. The second-order valence-electron chi connectivity index (χ2n) is 5.76. The van der Waals surface area contributed by atoms with Crippen LogP contribution in [0.4, 0.5) is 15.8 Å². The number of nitrogens with zero attached hydrogens (tertiary/aromatic N) is 1. The van der Waals surface area contributed by atoms with Gasteiger partial charge in [0.15, 0.2) is 0 Å². The molecule has 150 valence electrons. The Balaban J connectivity index is 1.91. The van der Waals surface area contributed by atoms with Crippen molar-refractivity contribution in [3.63, 3.8) is 0 Å². The monoisotopic (exact) mass is 435 g/mol. The van der Waals surface area contributed by atoms with Crippen LogP contribution >= 0.6 is 11.6 Å². The highest BCUT2D eigenvalue weighted by molar-refractivity contribution is 7.92. The van der Waals surface area contributed by atoms with Crippen LogP contribution in [0, 0.1) is 5.82 Å². The average Bonchev–Trinajstić information content (AvgIpc) is 2.70. The van der Waals surface area contributed by atoms with Gasteiger partial charge in [0.25, 0.3) is 15.9 Å². The van der Waals surface area contributed by atoms with Gasteiger partial charge in [0, 0.05) is 12.3 Å². The van der Waals surface area contributed by atoms with E-state index in [2.05, 4.69) is 15.0 Å². The average molecular weight is 436 g/mol. The van der Waals surface area contributed by atoms with Gasteiger partial charge in [0.05, 0.1) is 28.4 Å². The Kier molecular flexibility index (Phi) is 6.00. The number of pyridine rings is 1. The van der Waals surface area contributed by atoms with E-state index in [9.17, 15) is 17.6 Å². The summed E-state index contributed by atoms with van der Waals surface area (Å²) in [6.45, 7) is 0. The lowest BCUT2D eigenvalue weighted by molar-refractivity contribution is 0.102. The number of aromatic nitrogens is 1. The number of ether oxygens (including phenoxy) is 1. The quantitative estimate of drug-likeness (QED) is 0.611. The molecule has 0 spiro atoms. The molecule has 10 heteroatoms. The number of carbonyl (C=O) groups excluding carboxylic acids is 1. The third kappa shape index (κ3) is 4.82. The molecule has 1 amide bonds. The van der Waals surface area contributed by atoms with Crippen LogP contribution in [0.1, 0.15) is 10.5 Å². The largest absolute Gasteiger partial charge is 0.495 e. The minimum atomic E-state index is -4.12. The van der Waals surface area contributed by atoms with Crippen molar-refractivity contribution in [1.82, 2.24) is 4.98 Å². The molecule has 1 aromatic heterocycles. The lowest BCUT2D eigenvalue weighted by Gasteiger charge is -2.14. The first-order chi connectivity index (χ1) is 13.8. The Hall–Kier alpha value is -3.17. The number of sulfonamides is 1. The van der Waals surface area contributed by atoms with E-state index in [-0.39, 0.29) is 27.0 Å². The Morgan fingerprint density at radius 1 is 1.10 bits per heavy atom. The van der Waals surface area contributed by atoms with Crippen LogP contribution in [0.25, 0.3) is 0 Å². The lowest BCUT2D eigenvalue weighted by Crippen LogP contribution is -2.18. The lowest BCUT2D eigenvalue weighted by atomic mass is 10.2. The molecule has 29 heavy (non-hydrogen) atoms. The van der Waals surface area contributed by atoms with E-state index in [1.807, 2.05) is 0 Å². The number of methoxy groups -OCH3 is 1. The van der Waals surface area contributed by atoms with Gasteiger partial charge in [-0.3, -0.25) is 14.5 Å². The molecule has 3 aromatic rings. The molecule has 0 aliphatic rings. The van der Waals surface area contributed by atoms with Crippen LogP contribution in [0.5, 0.6) is 5.75 Å². The van der Waals surface area contributed by atoms with Crippen LogP contribution < -0.4 is 14.8 Å². The summed E-state index contributed by atoms with van der Waals surface area (Å²) in [7, 11) is -2.72. The maximum atomic E-state index is 13.8. The van der Waals surface area contributed by atoms with Crippen molar-refractivity contribution >= 4 is 38.9 Å². The molecule has 2 N–H and O–H groups in total. The van der Waals surface area contributed by atoms with Gasteiger partial charge in [0.2, 0.25) is 0 Å². The molecule has 7 nitrogen and oxygen atoms in total. The van der Waals surface area contributed by atoms with E-state index in [1.165, 1.54) is 43.6 Å². The third-order valence-electron chi connectivity index (χ3n) is 3.81. The van der Waals surface area contributed by atoms with Crippen molar-refractivity contribution in [2.75, 3.05) is 17.1 Å². The molecule has 2 aromatic carbocycles. The third-order valence-corrected chi connectivity index (χ3v) is 5.46. The Morgan fingerprint density at radius 2 is 1.90 bits per heavy atom. The molecule has 0 bridgehead atoms. The van der Waals surface area contributed by atoms with Crippen LogP contribution in [-0.4, -0.2) is 26.4 Å². The van der Waals surface area contributed by atoms with Gasteiger partial charge < -0.3 is 10.1 Å². The van der Waals surface area contributed by atoms with Crippen LogP contribution in [0.3, 0.4) is 0 Å². The van der Waals surface area contributed by atoms with Crippen LogP contribution in [0.2, 0.25) is 5.02 Å². The van der Waals surface area contributed by atoms with Gasteiger partial charge in [-0.2, -0.15) is 0 Å². The fourth-order valence-corrected chi connectivity index (χ4v) is 3.83. The number of benzene rings is 2. The molecule has 0 saturated heterocycles. The summed E-state index contributed by atoms with van der Waals surface area (Å²) >= 11 is 5.99. The molecule has 0 saturated carbocycles. The number of halogens is 2. The van der Waals surface area contributed by atoms with E-state index >= 15 is 0 Å². The molecule has 0 aliphatic carbocycles. The highest BCUT2D eigenvalue weighted by Crippen LogP contribution is 2.30. The van der Waals surface area contributed by atoms with Crippen molar-refractivity contribution < 1.29 is 22.3 Å². The second kappa shape index (κ2) is 8.46.